The Morgan fingerprint density at radius 2 is 1.83 bits per heavy atom. The van der Waals surface area contributed by atoms with Gasteiger partial charge >= 0.3 is 6.03 Å². The van der Waals surface area contributed by atoms with Crippen molar-refractivity contribution in [3.05, 3.63) is 24.3 Å². The number of nitrogens with two attached hydrogens (primary N) is 2. The van der Waals surface area contributed by atoms with Gasteiger partial charge in [0, 0.05) is 5.69 Å². The van der Waals surface area contributed by atoms with E-state index >= 15 is 0 Å². The molecule has 0 fully saturated rings. The van der Waals surface area contributed by atoms with Crippen LogP contribution >= 0.6 is 0 Å². The highest BCUT2D eigenvalue weighted by Crippen LogP contribution is 2.13. The standard InChI is InChI=1S/C7H8N4O/c8-5-1-3-6(4-2-5)10-11-7(9)12/h1-4H,8H2,(H2,9,12). The number of carbonyl (C=O) groups is 1. The fourth-order valence-electron chi connectivity index (χ4n) is 0.648. The highest BCUT2D eigenvalue weighted by molar-refractivity contribution is 5.72. The Balaban J connectivity index is 2.77. The summed E-state index contributed by atoms with van der Waals surface area (Å²) in [6, 6.07) is 5.79. The van der Waals surface area contributed by atoms with Crippen LogP contribution in [0.2, 0.25) is 0 Å². The zero-order valence-corrected chi connectivity index (χ0v) is 6.27. The van der Waals surface area contributed by atoms with Crippen LogP contribution in [-0.2, 0) is 0 Å². The summed E-state index contributed by atoms with van der Waals surface area (Å²) >= 11 is 0. The van der Waals surface area contributed by atoms with Crippen LogP contribution in [0.3, 0.4) is 0 Å². The molecule has 62 valence electrons. The largest absolute Gasteiger partial charge is 0.399 e. The number of nitrogen functional groups attached to an aromatic ring is 1. The van der Waals surface area contributed by atoms with Crippen molar-refractivity contribution >= 4 is 17.4 Å². The van der Waals surface area contributed by atoms with E-state index in [0.717, 1.165) is 0 Å². The predicted octanol–water partition coefficient (Wildman–Crippen LogP) is 1.43. The molecule has 0 saturated heterocycles. The van der Waals surface area contributed by atoms with Gasteiger partial charge < -0.3 is 11.5 Å². The fourth-order valence-corrected chi connectivity index (χ4v) is 0.648. The van der Waals surface area contributed by atoms with Crippen molar-refractivity contribution in [1.29, 1.82) is 0 Å². The maximum Gasteiger partial charge on any atom is 0.356 e. The molecule has 12 heavy (non-hydrogen) atoms. The van der Waals surface area contributed by atoms with Gasteiger partial charge in [-0.2, -0.15) is 0 Å². The third-order valence-electron chi connectivity index (χ3n) is 1.16. The summed E-state index contributed by atoms with van der Waals surface area (Å²) in [5.41, 5.74) is 11.3. The lowest BCUT2D eigenvalue weighted by molar-refractivity contribution is 0.255. The van der Waals surface area contributed by atoms with E-state index < -0.39 is 6.03 Å². The smallest absolute Gasteiger partial charge is 0.356 e. The highest BCUT2D eigenvalue weighted by atomic mass is 16.2. The van der Waals surface area contributed by atoms with Gasteiger partial charge in [-0.1, -0.05) is 5.11 Å². The molecular weight excluding hydrogens is 156 g/mol. The molecule has 0 bridgehead atoms. The molecule has 0 spiro atoms. The Hall–Kier alpha value is -1.91. The number of rotatable bonds is 1. The topological polar surface area (TPSA) is 93.8 Å². The molecule has 4 N–H and O–H groups in total. The Kier molecular flexibility index (Phi) is 2.37. The van der Waals surface area contributed by atoms with Gasteiger partial charge in [0.05, 0.1) is 5.69 Å². The second-order valence-electron chi connectivity index (χ2n) is 2.13. The van der Waals surface area contributed by atoms with Crippen molar-refractivity contribution in [3.8, 4) is 0 Å². The van der Waals surface area contributed by atoms with Crippen molar-refractivity contribution in [3.63, 3.8) is 0 Å². The van der Waals surface area contributed by atoms with Gasteiger partial charge in [0.15, 0.2) is 0 Å². The summed E-state index contributed by atoms with van der Waals surface area (Å²) < 4.78 is 0. The maximum absolute atomic E-state index is 10.2. The van der Waals surface area contributed by atoms with E-state index in [9.17, 15) is 4.79 Å². The first kappa shape index (κ1) is 8.19. The molecule has 0 aromatic heterocycles. The van der Waals surface area contributed by atoms with E-state index in [1.807, 2.05) is 0 Å². The molecule has 1 aromatic carbocycles. The number of carbonyl (C=O) groups excluding carboxylic acids is 1. The Morgan fingerprint density at radius 1 is 1.25 bits per heavy atom. The number of urea groups is 1. The molecule has 0 aliphatic heterocycles. The van der Waals surface area contributed by atoms with Crippen LogP contribution in [0.4, 0.5) is 16.2 Å². The maximum atomic E-state index is 10.2. The second kappa shape index (κ2) is 3.47. The van der Waals surface area contributed by atoms with Crippen LogP contribution in [0.25, 0.3) is 0 Å². The van der Waals surface area contributed by atoms with Crippen LogP contribution in [0.15, 0.2) is 34.5 Å². The monoisotopic (exact) mass is 164 g/mol. The van der Waals surface area contributed by atoms with Gasteiger partial charge in [0.2, 0.25) is 0 Å². The molecule has 1 rings (SSSR count). The number of anilines is 1. The molecule has 5 nitrogen and oxygen atoms in total. The number of hydrogen-bond donors (Lipinski definition) is 2. The summed E-state index contributed by atoms with van der Waals surface area (Å²) in [6.45, 7) is 0. The zero-order chi connectivity index (χ0) is 8.97. The Bertz CT molecular complexity index is 304. The number of azo groups is 1. The predicted molar refractivity (Wildman–Crippen MR) is 45.0 cm³/mol. The van der Waals surface area contributed by atoms with E-state index in [4.69, 9.17) is 11.5 Å². The van der Waals surface area contributed by atoms with Crippen molar-refractivity contribution < 1.29 is 4.79 Å². The molecule has 1 aromatic rings. The van der Waals surface area contributed by atoms with E-state index in [1.54, 1.807) is 24.3 Å². The minimum Gasteiger partial charge on any atom is -0.399 e. The SMILES string of the molecule is NC(=O)N=Nc1ccc(N)cc1. The number of benzene rings is 1. The third-order valence-corrected chi connectivity index (χ3v) is 1.16. The van der Waals surface area contributed by atoms with Gasteiger partial charge in [-0.25, -0.2) is 4.79 Å². The van der Waals surface area contributed by atoms with Crippen LogP contribution in [0.5, 0.6) is 0 Å². The lowest BCUT2D eigenvalue weighted by Gasteiger charge is -1.91. The van der Waals surface area contributed by atoms with Gasteiger partial charge in [0.25, 0.3) is 0 Å². The van der Waals surface area contributed by atoms with E-state index in [1.165, 1.54) is 0 Å². The van der Waals surface area contributed by atoms with Crippen molar-refractivity contribution in [2.24, 2.45) is 16.0 Å². The number of hydrogen-bond acceptors (Lipinski definition) is 3. The minimum atomic E-state index is -0.813. The van der Waals surface area contributed by atoms with Gasteiger partial charge in [-0.15, -0.1) is 5.11 Å². The Morgan fingerprint density at radius 3 is 2.33 bits per heavy atom. The number of amides is 2. The molecule has 0 aliphatic carbocycles. The third kappa shape index (κ3) is 2.37. The lowest BCUT2D eigenvalue weighted by Crippen LogP contribution is -2.01. The number of nitrogens with zero attached hydrogens (tertiary/aromatic N) is 2. The molecule has 0 aliphatic rings. The normalized spacial score (nSPS) is 10.3. The molecule has 0 saturated carbocycles. The fraction of sp³-hybridized carbons (Fsp3) is 0. The quantitative estimate of drug-likeness (QED) is 0.485. The summed E-state index contributed by atoms with van der Waals surface area (Å²) in [7, 11) is 0. The molecule has 5 heteroatoms. The molecular formula is C7H8N4O. The summed E-state index contributed by atoms with van der Waals surface area (Å²) in [4.78, 5) is 10.2. The van der Waals surface area contributed by atoms with E-state index in [-0.39, 0.29) is 0 Å². The number of primary amides is 1. The summed E-state index contributed by atoms with van der Waals surface area (Å²) in [6.07, 6.45) is 0. The van der Waals surface area contributed by atoms with E-state index in [0.29, 0.717) is 11.4 Å². The van der Waals surface area contributed by atoms with E-state index in [2.05, 4.69) is 10.2 Å². The first-order valence-corrected chi connectivity index (χ1v) is 3.25. The molecule has 0 atom stereocenters. The van der Waals surface area contributed by atoms with Crippen molar-refractivity contribution in [2.45, 2.75) is 0 Å². The first-order valence-electron chi connectivity index (χ1n) is 3.25. The Labute approximate surface area is 69.1 Å². The van der Waals surface area contributed by atoms with Crippen LogP contribution in [0, 0.1) is 0 Å². The van der Waals surface area contributed by atoms with Crippen LogP contribution in [-0.4, -0.2) is 6.03 Å². The lowest BCUT2D eigenvalue weighted by atomic mass is 10.3. The van der Waals surface area contributed by atoms with Gasteiger partial charge in [0.1, 0.15) is 0 Å². The summed E-state index contributed by atoms with van der Waals surface area (Å²) in [5.74, 6) is 0. The molecule has 2 amide bonds. The first-order chi connectivity index (χ1) is 5.68. The highest BCUT2D eigenvalue weighted by Gasteiger charge is 1.89. The minimum absolute atomic E-state index is 0.544. The van der Waals surface area contributed by atoms with Gasteiger partial charge in [-0.05, 0) is 24.3 Å². The van der Waals surface area contributed by atoms with Crippen molar-refractivity contribution in [2.75, 3.05) is 5.73 Å². The summed E-state index contributed by atoms with van der Waals surface area (Å²) in [5, 5.41) is 6.69. The average Bonchev–Trinajstić information content (AvgIpc) is 2.03. The van der Waals surface area contributed by atoms with Gasteiger partial charge in [-0.3, -0.25) is 0 Å². The molecule has 0 unspecified atom stereocenters. The molecule has 0 radical (unpaired) electrons. The van der Waals surface area contributed by atoms with Crippen LogP contribution in [0.1, 0.15) is 0 Å². The zero-order valence-electron chi connectivity index (χ0n) is 6.27. The van der Waals surface area contributed by atoms with Crippen molar-refractivity contribution in [1.82, 2.24) is 0 Å². The second-order valence-corrected chi connectivity index (χ2v) is 2.13. The molecule has 0 heterocycles. The van der Waals surface area contributed by atoms with Crippen LogP contribution < -0.4 is 11.5 Å². The average molecular weight is 164 g/mol.